The Balaban J connectivity index is 1.48. The normalized spacial score (nSPS) is 12.0. The summed E-state index contributed by atoms with van der Waals surface area (Å²) in [6.07, 6.45) is -0.959. The van der Waals surface area contributed by atoms with Crippen LogP contribution in [0, 0.1) is 0 Å². The standard InChI is InChI=1S/C28H25F3N4O4/c1-35-15-21(14-33-35)24-3-2-4-25(39-28(29,30)31)26(24)20-9-11-23(12-10-20)34-27(38)32-13-18-5-7-19(8-6-18)22(16-36)17-37/h2-12,14-16,22,37H,13,17H2,1H3,(H2,32,34,38). The summed E-state index contributed by atoms with van der Waals surface area (Å²) in [7, 11) is 1.71. The van der Waals surface area contributed by atoms with Gasteiger partial charge in [0, 0.05) is 36.6 Å². The number of aromatic nitrogens is 2. The zero-order chi connectivity index (χ0) is 28.0. The fourth-order valence-corrected chi connectivity index (χ4v) is 4.03. The van der Waals surface area contributed by atoms with Gasteiger partial charge in [-0.25, -0.2) is 4.79 Å². The SMILES string of the molecule is Cn1cc(-c2cccc(OC(F)(F)F)c2-c2ccc(NC(=O)NCc3ccc(C(C=O)CO)cc3)cc2)cn1. The summed E-state index contributed by atoms with van der Waals surface area (Å²) >= 11 is 0. The molecule has 0 spiro atoms. The van der Waals surface area contributed by atoms with E-state index < -0.39 is 18.3 Å². The maximum atomic E-state index is 13.1. The highest BCUT2D eigenvalue weighted by atomic mass is 19.4. The molecule has 4 aromatic rings. The minimum Gasteiger partial charge on any atom is -0.405 e. The molecule has 1 atom stereocenters. The van der Waals surface area contributed by atoms with Gasteiger partial charge >= 0.3 is 12.4 Å². The van der Waals surface area contributed by atoms with Crippen LogP contribution >= 0.6 is 0 Å². The van der Waals surface area contributed by atoms with Crippen molar-refractivity contribution in [3.05, 3.63) is 90.3 Å². The average molecular weight is 539 g/mol. The smallest absolute Gasteiger partial charge is 0.405 e. The molecule has 8 nitrogen and oxygen atoms in total. The van der Waals surface area contributed by atoms with Crippen molar-refractivity contribution in [3.8, 4) is 28.0 Å². The molecule has 0 aliphatic carbocycles. The topological polar surface area (TPSA) is 105 Å². The molecule has 202 valence electrons. The second kappa shape index (κ2) is 11.8. The van der Waals surface area contributed by atoms with Gasteiger partial charge in [0.2, 0.25) is 0 Å². The van der Waals surface area contributed by atoms with E-state index in [-0.39, 0.29) is 24.5 Å². The third kappa shape index (κ3) is 7.02. The van der Waals surface area contributed by atoms with Crippen molar-refractivity contribution < 1.29 is 32.6 Å². The van der Waals surface area contributed by atoms with Gasteiger partial charge in [0.25, 0.3) is 0 Å². The quantitative estimate of drug-likeness (QED) is 0.253. The van der Waals surface area contributed by atoms with E-state index >= 15 is 0 Å². The predicted octanol–water partition coefficient (Wildman–Crippen LogP) is 5.25. The number of aryl methyl sites for hydroxylation is 1. The number of ether oxygens (including phenoxy) is 1. The zero-order valence-electron chi connectivity index (χ0n) is 20.8. The lowest BCUT2D eigenvalue weighted by molar-refractivity contribution is -0.274. The van der Waals surface area contributed by atoms with Gasteiger partial charge in [0.15, 0.2) is 0 Å². The Kier molecular flexibility index (Phi) is 8.30. The number of aldehydes is 1. The van der Waals surface area contributed by atoms with E-state index in [4.69, 9.17) is 0 Å². The molecule has 1 aromatic heterocycles. The summed E-state index contributed by atoms with van der Waals surface area (Å²) in [5.41, 5.74) is 3.71. The van der Waals surface area contributed by atoms with E-state index in [9.17, 15) is 27.9 Å². The third-order valence-corrected chi connectivity index (χ3v) is 5.92. The number of nitrogens with zero attached hydrogens (tertiary/aromatic N) is 2. The number of benzene rings is 3. The summed E-state index contributed by atoms with van der Waals surface area (Å²) in [6.45, 7) is -0.0697. The van der Waals surface area contributed by atoms with Gasteiger partial charge in [0.05, 0.1) is 18.7 Å². The molecule has 11 heteroatoms. The number of alkyl halides is 3. The average Bonchev–Trinajstić information content (AvgIpc) is 3.34. The van der Waals surface area contributed by atoms with E-state index in [0.29, 0.717) is 34.2 Å². The highest BCUT2D eigenvalue weighted by molar-refractivity contribution is 5.91. The largest absolute Gasteiger partial charge is 0.573 e. The van der Waals surface area contributed by atoms with Crippen LogP contribution in [0.15, 0.2) is 79.1 Å². The highest BCUT2D eigenvalue weighted by Crippen LogP contribution is 2.41. The van der Waals surface area contributed by atoms with Crippen LogP contribution in [0.4, 0.5) is 23.7 Å². The molecule has 0 aliphatic heterocycles. The van der Waals surface area contributed by atoms with Gasteiger partial charge in [-0.1, -0.05) is 48.5 Å². The number of aliphatic hydroxyl groups is 1. The van der Waals surface area contributed by atoms with Crippen molar-refractivity contribution in [2.45, 2.75) is 18.8 Å². The lowest BCUT2D eigenvalue weighted by atomic mass is 9.95. The van der Waals surface area contributed by atoms with E-state index in [1.165, 1.54) is 12.1 Å². The summed E-state index contributed by atoms with van der Waals surface area (Å²) in [6, 6.07) is 17.2. The van der Waals surface area contributed by atoms with E-state index in [0.717, 1.165) is 5.56 Å². The summed E-state index contributed by atoms with van der Waals surface area (Å²) in [5.74, 6) is -0.947. The van der Waals surface area contributed by atoms with Crippen LogP contribution in [0.1, 0.15) is 17.0 Å². The first-order valence-corrected chi connectivity index (χ1v) is 11.8. The molecular weight excluding hydrogens is 513 g/mol. The van der Waals surface area contributed by atoms with Gasteiger partial charge in [-0.3, -0.25) is 4.68 Å². The molecule has 0 fully saturated rings. The first-order chi connectivity index (χ1) is 18.7. The minimum absolute atomic E-state index is 0.214. The molecule has 4 rings (SSSR count). The number of carbonyl (C=O) groups excluding carboxylic acids is 2. The Morgan fingerprint density at radius 2 is 1.79 bits per heavy atom. The molecule has 0 aliphatic rings. The number of urea groups is 1. The van der Waals surface area contributed by atoms with Gasteiger partial charge in [-0.15, -0.1) is 13.2 Å². The number of hydrogen-bond donors (Lipinski definition) is 3. The van der Waals surface area contributed by atoms with Crippen molar-refractivity contribution in [2.75, 3.05) is 11.9 Å². The van der Waals surface area contributed by atoms with E-state index in [1.807, 2.05) is 0 Å². The second-order valence-corrected chi connectivity index (χ2v) is 8.68. The lowest BCUT2D eigenvalue weighted by Crippen LogP contribution is -2.28. The summed E-state index contributed by atoms with van der Waals surface area (Å²) < 4.78 is 45.3. The molecular formula is C28H25F3N4O4. The molecule has 39 heavy (non-hydrogen) atoms. The van der Waals surface area contributed by atoms with Gasteiger partial charge in [-0.05, 0) is 40.5 Å². The van der Waals surface area contributed by atoms with Crippen LogP contribution in [-0.4, -0.2) is 40.2 Å². The fourth-order valence-electron chi connectivity index (χ4n) is 4.03. The number of rotatable bonds is 9. The number of nitrogens with one attached hydrogen (secondary N) is 2. The van der Waals surface area contributed by atoms with Gasteiger partial charge < -0.3 is 25.3 Å². The molecule has 3 N–H and O–H groups in total. The van der Waals surface area contributed by atoms with E-state index in [1.54, 1.807) is 78.7 Å². The molecule has 0 saturated carbocycles. The number of anilines is 1. The zero-order valence-corrected chi connectivity index (χ0v) is 20.8. The first kappa shape index (κ1) is 27.4. The van der Waals surface area contributed by atoms with Crippen LogP contribution in [0.25, 0.3) is 22.3 Å². The molecule has 1 unspecified atom stereocenters. The Bertz CT molecular complexity index is 1430. The third-order valence-electron chi connectivity index (χ3n) is 5.92. The number of hydrogen-bond acceptors (Lipinski definition) is 5. The first-order valence-electron chi connectivity index (χ1n) is 11.8. The van der Waals surface area contributed by atoms with E-state index in [2.05, 4.69) is 20.5 Å². The Morgan fingerprint density at radius 3 is 2.38 bits per heavy atom. The summed E-state index contributed by atoms with van der Waals surface area (Å²) in [5, 5.41) is 18.7. The molecule has 3 aromatic carbocycles. The minimum atomic E-state index is -4.88. The van der Waals surface area contributed by atoms with Gasteiger partial charge in [0.1, 0.15) is 12.0 Å². The van der Waals surface area contributed by atoms with Crippen LogP contribution in [0.2, 0.25) is 0 Å². The molecule has 0 bridgehead atoms. The number of carbonyl (C=O) groups is 2. The molecule has 0 radical (unpaired) electrons. The van der Waals surface area contributed by atoms with Crippen molar-refractivity contribution in [3.63, 3.8) is 0 Å². The Hall–Kier alpha value is -4.64. The van der Waals surface area contributed by atoms with Crippen LogP contribution < -0.4 is 15.4 Å². The fraction of sp³-hybridized carbons (Fsp3) is 0.179. The van der Waals surface area contributed by atoms with Crippen LogP contribution in [-0.2, 0) is 18.4 Å². The van der Waals surface area contributed by atoms with Crippen molar-refractivity contribution in [1.29, 1.82) is 0 Å². The van der Waals surface area contributed by atoms with Gasteiger partial charge in [-0.2, -0.15) is 5.10 Å². The van der Waals surface area contributed by atoms with Crippen LogP contribution in [0.3, 0.4) is 0 Å². The monoisotopic (exact) mass is 538 g/mol. The van der Waals surface area contributed by atoms with Crippen LogP contribution in [0.5, 0.6) is 5.75 Å². The summed E-state index contributed by atoms with van der Waals surface area (Å²) in [4.78, 5) is 23.4. The molecule has 1 heterocycles. The highest BCUT2D eigenvalue weighted by Gasteiger charge is 2.33. The second-order valence-electron chi connectivity index (χ2n) is 8.68. The Labute approximate surface area is 222 Å². The number of halogens is 3. The van der Waals surface area contributed by atoms with Crippen molar-refractivity contribution in [1.82, 2.24) is 15.1 Å². The molecule has 2 amide bonds. The van der Waals surface area contributed by atoms with Crippen molar-refractivity contribution >= 4 is 18.0 Å². The number of amides is 2. The maximum absolute atomic E-state index is 13.1. The Morgan fingerprint density at radius 1 is 1.08 bits per heavy atom. The number of aliphatic hydroxyl groups excluding tert-OH is 1. The van der Waals surface area contributed by atoms with Crippen molar-refractivity contribution in [2.24, 2.45) is 7.05 Å². The lowest BCUT2D eigenvalue weighted by Gasteiger charge is -2.17. The molecule has 0 saturated heterocycles. The maximum Gasteiger partial charge on any atom is 0.573 e. The predicted molar refractivity (Wildman–Crippen MR) is 139 cm³/mol.